The fourth-order valence-corrected chi connectivity index (χ4v) is 0. The molecule has 0 saturated heterocycles. The molecule has 6 heavy (non-hydrogen) atoms. The molecular weight excluding hydrogens is 92.0 g/mol. The van der Waals surface area contributed by atoms with E-state index in [-0.39, 0.29) is 0 Å². The van der Waals surface area contributed by atoms with Gasteiger partial charge in [-0.25, -0.2) is 0 Å². The molecule has 0 saturated carbocycles. The Morgan fingerprint density at radius 3 is 1.17 bits per heavy atom. The average Bonchev–Trinajstić information content (AvgIpc) is 1.78. The third-order valence-electron chi connectivity index (χ3n) is 0. The van der Waals surface area contributed by atoms with Crippen molar-refractivity contribution < 1.29 is 26.1 Å². The molecule has 0 atom stereocenters. The van der Waals surface area contributed by atoms with Crippen molar-refractivity contribution in [3.05, 3.63) is 0 Å². The van der Waals surface area contributed by atoms with Crippen LogP contribution in [-0.2, 0) is 0 Å². The predicted molar refractivity (Wildman–Crippen MR) is 18.7 cm³/mol. The number of aliphatic hydroxyl groups is 1. The van der Waals surface area contributed by atoms with Crippen molar-refractivity contribution in [2.24, 2.45) is 0 Å². The first-order valence-electron chi connectivity index (χ1n) is 1.22. The second kappa shape index (κ2) is 1730. The summed E-state index contributed by atoms with van der Waals surface area (Å²) in [5, 5.41) is 27.5. The van der Waals surface area contributed by atoms with E-state index in [0.29, 0.717) is 0 Å². The lowest BCUT2D eigenvalue weighted by Gasteiger charge is -1.25. The van der Waals surface area contributed by atoms with Crippen molar-refractivity contribution in [3.8, 4) is 0 Å². The van der Waals surface area contributed by atoms with Crippen LogP contribution in [0.5, 0.6) is 0 Å². The van der Waals surface area contributed by atoms with Crippen molar-refractivity contribution in [1.82, 2.24) is 0 Å². The van der Waals surface area contributed by atoms with E-state index >= 15 is 0 Å². The molecule has 0 radical (unpaired) electrons. The highest BCUT2D eigenvalue weighted by Gasteiger charge is 0.839. The lowest BCUT2D eigenvalue weighted by atomic mass is 11.8. The van der Waals surface area contributed by atoms with Crippen LogP contribution in [-0.4, -0.2) is 34.7 Å². The smallest absolute Gasteiger partial charge is 0.210 e. The second-order valence-electron chi connectivity index (χ2n) is 0. The predicted octanol–water partition coefficient (Wildman–Crippen LogP) is -0.357. The zero-order valence-electron chi connectivity index (χ0n) is 4.20. The quantitative estimate of drug-likeness (QED) is 0.212. The molecule has 0 aliphatic rings. The monoisotopic (exact) mass is 101 g/mol. The van der Waals surface area contributed by atoms with Gasteiger partial charge in [-0.15, -0.1) is 0 Å². The minimum Gasteiger partial charge on any atom is -0.400 e. The van der Waals surface area contributed by atoms with Gasteiger partial charge < -0.3 is 5.11 Å². The molecule has 0 aromatic carbocycles. The van der Waals surface area contributed by atoms with Crippen LogP contribution in [0.4, 0.5) is 0 Å². The molecule has 0 unspecified atom stereocenters. The van der Waals surface area contributed by atoms with Gasteiger partial charge in [-0.3, -0.25) is 21.0 Å². The molecule has 0 aliphatic heterocycles. The maximum Gasteiger partial charge on any atom is 0.210 e. The van der Waals surface area contributed by atoms with E-state index in [4.69, 9.17) is 22.5 Å². The molecule has 0 amide bonds. The van der Waals surface area contributed by atoms with Gasteiger partial charge >= 0.3 is 0 Å². The van der Waals surface area contributed by atoms with Crippen LogP contribution in [0.3, 0.4) is 0 Å². The summed E-state index contributed by atoms with van der Waals surface area (Å²) in [7, 11) is 1.29. The average molecular weight is 101 g/mol. The molecule has 0 bridgehead atoms. The van der Waals surface area contributed by atoms with Gasteiger partial charge in [0, 0.05) is 7.11 Å². The van der Waals surface area contributed by atoms with Crippen molar-refractivity contribution in [3.63, 3.8) is 0 Å². The Labute approximate surface area is 36.1 Å². The summed E-state index contributed by atoms with van der Waals surface area (Å²) < 4.78 is 5.71. The fraction of sp³-hybridized carbons (Fsp3) is 1.00. The largest absolute Gasteiger partial charge is 0.400 e. The zero-order valence-corrected chi connectivity index (χ0v) is 3.20. The van der Waals surface area contributed by atoms with Crippen molar-refractivity contribution in [2.45, 2.75) is 0 Å². The highest BCUT2D eigenvalue weighted by Crippen LogP contribution is 0.755. The molecule has 0 aromatic heterocycles. The molecular formula is CH8O5. The van der Waals surface area contributed by atoms with Crippen LogP contribution < -0.4 is 0 Å². The van der Waals surface area contributed by atoms with E-state index in [0.717, 1.165) is 0 Å². The van der Waals surface area contributed by atoms with E-state index in [1.54, 1.807) is 0 Å². The third-order valence-corrected chi connectivity index (χ3v) is 0. The lowest BCUT2D eigenvalue weighted by Crippen LogP contribution is -1.29. The van der Waals surface area contributed by atoms with Crippen LogP contribution >= 0.6 is 0 Å². The Morgan fingerprint density at radius 1 is 1.17 bits per heavy atom. The fourth-order valence-electron chi connectivity index (χ4n) is 0. The maximum atomic E-state index is 6.00. The first kappa shape index (κ1) is 9.25. The van der Waals surface area contributed by atoms with Gasteiger partial charge in [-0.2, -0.15) is 0 Å². The van der Waals surface area contributed by atoms with Crippen molar-refractivity contribution in [2.75, 3.05) is 7.11 Å². The zero-order chi connectivity index (χ0) is 6.71. The van der Waals surface area contributed by atoms with Crippen LogP contribution in [0.1, 0.15) is 0 Å². The summed E-state index contributed by atoms with van der Waals surface area (Å²) in [5.41, 5.74) is 0. The van der Waals surface area contributed by atoms with Gasteiger partial charge in [0.25, 0.3) is 0 Å². The third kappa shape index (κ3) is 745. The van der Waals surface area contributed by atoms with Gasteiger partial charge in [0.2, 0.25) is 1.43 Å². The van der Waals surface area contributed by atoms with E-state index in [1.807, 2.05) is 0 Å². The molecule has 42 valence electrons. The molecule has 0 heterocycles. The number of rotatable bonds is 0. The molecule has 0 fully saturated rings. The summed E-state index contributed by atoms with van der Waals surface area (Å²) in [6, 6.07) is 0. The Morgan fingerprint density at radius 2 is 1.17 bits per heavy atom. The maximum absolute atomic E-state index is 6.00. The molecule has 0 rings (SSSR count). The minimum atomic E-state index is 1.29. The second-order valence-corrected chi connectivity index (χ2v) is 0. The Hall–Kier alpha value is -0.200. The Balaban J connectivity index is -0.0000000360. The normalized spacial score (nSPS) is 5.17. The lowest BCUT2D eigenvalue weighted by molar-refractivity contribution is -0.176. The van der Waals surface area contributed by atoms with E-state index < -0.39 is 0 Å². The summed E-state index contributed by atoms with van der Waals surface area (Å²) >= 11 is 0. The van der Waals surface area contributed by atoms with Crippen LogP contribution in [0.15, 0.2) is 0 Å². The van der Waals surface area contributed by atoms with Gasteiger partial charge in [0.05, 0.1) is 0 Å². The summed E-state index contributed by atoms with van der Waals surface area (Å²) in [4.78, 5) is 0. The van der Waals surface area contributed by atoms with Gasteiger partial charge in [-0.05, 0) is 0 Å². The number of hydrogen-bond donors (Lipinski definition) is 5. The minimum absolute atomic E-state index is 1.29. The standard InChI is InChI=1S/CH4O.2H2O2/c3*1-2/h2H,1H3;2*1-2H/i2D;;. The molecule has 5 heteroatoms. The molecule has 5 nitrogen and oxygen atoms in total. The first-order chi connectivity index (χ1) is 3.41. The summed E-state index contributed by atoms with van der Waals surface area (Å²) in [6.45, 7) is 0. The van der Waals surface area contributed by atoms with E-state index in [2.05, 4.69) is 5.11 Å². The molecule has 0 spiro atoms. The highest BCUT2D eigenvalue weighted by atomic mass is 17.0. The van der Waals surface area contributed by atoms with Gasteiger partial charge in [0.1, 0.15) is 0 Å². The first-order valence-corrected chi connectivity index (χ1v) is 0.808. The highest BCUT2D eigenvalue weighted by molar-refractivity contribution is 3.18. The van der Waals surface area contributed by atoms with Crippen LogP contribution in [0.2, 0.25) is 0 Å². The van der Waals surface area contributed by atoms with Gasteiger partial charge in [0.15, 0.2) is 0 Å². The molecule has 5 N–H and O–H groups in total. The number of hydrogen-bond acceptors (Lipinski definition) is 5. The van der Waals surface area contributed by atoms with Crippen molar-refractivity contribution in [1.29, 1.82) is 1.43 Å². The SMILES string of the molecule is OO.OO.[2H]OC. The Kier molecular flexibility index (Phi) is 2670. The van der Waals surface area contributed by atoms with Crippen LogP contribution in [0.25, 0.3) is 0 Å². The van der Waals surface area contributed by atoms with Crippen LogP contribution in [0, 0.1) is 0 Å². The van der Waals surface area contributed by atoms with Gasteiger partial charge in [-0.1, -0.05) is 0 Å². The van der Waals surface area contributed by atoms with E-state index in [1.165, 1.54) is 7.11 Å². The topological polar surface area (TPSA) is 101 Å². The Bertz CT molecular complexity index is 8.04. The summed E-state index contributed by atoms with van der Waals surface area (Å²) in [6.07, 6.45) is 0. The number of aliphatic hydroxyl groups excluding tert-OH is 1. The summed E-state index contributed by atoms with van der Waals surface area (Å²) in [5.74, 6) is 0. The van der Waals surface area contributed by atoms with Crippen molar-refractivity contribution >= 4 is 0 Å². The molecule has 0 aromatic rings. The molecule has 0 aliphatic carbocycles. The van der Waals surface area contributed by atoms with E-state index in [9.17, 15) is 0 Å².